The molecule has 1 heterocycles. The molecule has 0 aliphatic carbocycles. The smallest absolute Gasteiger partial charge is 0.0961 e. The van der Waals surface area contributed by atoms with Crippen molar-refractivity contribution in [1.82, 2.24) is 10.3 Å². The first kappa shape index (κ1) is 15.5. The van der Waals surface area contributed by atoms with Gasteiger partial charge in [-0.25, -0.2) is 4.98 Å². The molecule has 1 N–H and O–H groups in total. The van der Waals surface area contributed by atoms with E-state index in [1.54, 1.807) is 11.8 Å². The molecule has 4 heteroatoms. The lowest BCUT2D eigenvalue weighted by molar-refractivity contribution is 0.657. The lowest BCUT2D eigenvalue weighted by atomic mass is 10.0. The number of aryl methyl sites for hydroxylation is 2. The van der Waals surface area contributed by atoms with E-state index in [1.807, 2.05) is 25.4 Å². The van der Waals surface area contributed by atoms with Crippen LogP contribution in [0.2, 0.25) is 0 Å². The number of hydrogen-bond acceptors (Lipinski definition) is 3. The van der Waals surface area contributed by atoms with E-state index < -0.39 is 0 Å². The quantitative estimate of drug-likeness (QED) is 0.802. The summed E-state index contributed by atoms with van der Waals surface area (Å²) in [5.41, 5.74) is 4.01. The minimum Gasteiger partial charge on any atom is -0.312 e. The lowest BCUT2D eigenvalue weighted by Crippen LogP contribution is -2.20. The molecule has 20 heavy (non-hydrogen) atoms. The second-order valence-corrected chi connectivity index (χ2v) is 6.78. The SMILES string of the molecule is CNC(CSc1ccc(Br)cn1)c1cc(C)ccc1C. The summed E-state index contributed by atoms with van der Waals surface area (Å²) in [6, 6.07) is 11.0. The van der Waals surface area contributed by atoms with Gasteiger partial charge in [-0.05, 0) is 60.1 Å². The van der Waals surface area contributed by atoms with E-state index in [9.17, 15) is 0 Å². The molecule has 106 valence electrons. The summed E-state index contributed by atoms with van der Waals surface area (Å²) in [7, 11) is 2.02. The zero-order valence-electron chi connectivity index (χ0n) is 12.0. The van der Waals surface area contributed by atoms with Gasteiger partial charge >= 0.3 is 0 Å². The van der Waals surface area contributed by atoms with Crippen molar-refractivity contribution >= 4 is 27.7 Å². The van der Waals surface area contributed by atoms with Crippen molar-refractivity contribution in [3.05, 3.63) is 57.7 Å². The fourth-order valence-corrected chi connectivity index (χ4v) is 3.29. The number of aromatic nitrogens is 1. The van der Waals surface area contributed by atoms with Crippen LogP contribution >= 0.6 is 27.7 Å². The molecule has 0 bridgehead atoms. The molecule has 0 amide bonds. The third-order valence-corrected chi connectivity index (χ3v) is 4.76. The molecule has 1 aromatic heterocycles. The van der Waals surface area contributed by atoms with Crippen LogP contribution in [0.25, 0.3) is 0 Å². The van der Waals surface area contributed by atoms with Crippen LogP contribution in [0, 0.1) is 13.8 Å². The number of halogens is 1. The highest BCUT2D eigenvalue weighted by Crippen LogP contribution is 2.26. The largest absolute Gasteiger partial charge is 0.312 e. The minimum atomic E-state index is 0.338. The summed E-state index contributed by atoms with van der Waals surface area (Å²) < 4.78 is 1.02. The highest BCUT2D eigenvalue weighted by atomic mass is 79.9. The average molecular weight is 351 g/mol. The molecule has 0 aliphatic rings. The van der Waals surface area contributed by atoms with Gasteiger partial charge in [0.1, 0.15) is 0 Å². The Hall–Kier alpha value is -0.840. The summed E-state index contributed by atoms with van der Waals surface area (Å²) in [4.78, 5) is 4.41. The van der Waals surface area contributed by atoms with Crippen LogP contribution in [-0.2, 0) is 0 Å². The molecule has 0 spiro atoms. The van der Waals surface area contributed by atoms with Gasteiger partial charge in [-0.15, -0.1) is 11.8 Å². The molecule has 0 saturated heterocycles. The Labute approximate surface area is 133 Å². The third-order valence-electron chi connectivity index (χ3n) is 3.26. The molecule has 0 radical (unpaired) electrons. The van der Waals surface area contributed by atoms with Crippen LogP contribution in [0.3, 0.4) is 0 Å². The standard InChI is InChI=1S/C16H19BrN2S/c1-11-4-5-12(2)14(8-11)15(18-3)10-20-16-7-6-13(17)9-19-16/h4-9,15,18H,10H2,1-3H3. The van der Waals surface area contributed by atoms with Crippen molar-refractivity contribution in [3.8, 4) is 0 Å². The molecule has 2 aromatic rings. The van der Waals surface area contributed by atoms with E-state index >= 15 is 0 Å². The topological polar surface area (TPSA) is 24.9 Å². The van der Waals surface area contributed by atoms with E-state index in [1.165, 1.54) is 16.7 Å². The summed E-state index contributed by atoms with van der Waals surface area (Å²) in [6.07, 6.45) is 1.84. The fourth-order valence-electron chi connectivity index (χ4n) is 2.08. The van der Waals surface area contributed by atoms with Gasteiger partial charge in [0, 0.05) is 22.5 Å². The zero-order chi connectivity index (χ0) is 14.5. The van der Waals surface area contributed by atoms with Crippen molar-refractivity contribution in [2.75, 3.05) is 12.8 Å². The van der Waals surface area contributed by atoms with Gasteiger partial charge in [-0.2, -0.15) is 0 Å². The van der Waals surface area contributed by atoms with E-state index in [0.29, 0.717) is 6.04 Å². The number of thioether (sulfide) groups is 1. The number of pyridine rings is 1. The maximum atomic E-state index is 4.41. The van der Waals surface area contributed by atoms with Gasteiger partial charge in [-0.3, -0.25) is 0 Å². The molecule has 2 rings (SSSR count). The Kier molecular flexibility index (Phi) is 5.64. The number of rotatable bonds is 5. The van der Waals surface area contributed by atoms with Gasteiger partial charge in [0.05, 0.1) is 5.03 Å². The first-order valence-corrected chi connectivity index (χ1v) is 8.37. The summed E-state index contributed by atoms with van der Waals surface area (Å²) in [5.74, 6) is 0.968. The van der Waals surface area contributed by atoms with E-state index in [4.69, 9.17) is 0 Å². The number of nitrogens with zero attached hydrogens (tertiary/aromatic N) is 1. The van der Waals surface area contributed by atoms with Crippen LogP contribution in [0.1, 0.15) is 22.7 Å². The third kappa shape index (κ3) is 4.08. The first-order chi connectivity index (χ1) is 9.60. The Bertz CT molecular complexity index is 569. The highest BCUT2D eigenvalue weighted by Gasteiger charge is 2.12. The van der Waals surface area contributed by atoms with Crippen molar-refractivity contribution < 1.29 is 0 Å². The maximum Gasteiger partial charge on any atom is 0.0961 e. The second-order valence-electron chi connectivity index (χ2n) is 4.83. The van der Waals surface area contributed by atoms with E-state index in [0.717, 1.165) is 15.3 Å². The monoisotopic (exact) mass is 350 g/mol. The normalized spacial score (nSPS) is 12.4. The first-order valence-electron chi connectivity index (χ1n) is 6.59. The molecule has 0 aliphatic heterocycles. The Morgan fingerprint density at radius 1 is 1.25 bits per heavy atom. The second kappa shape index (κ2) is 7.25. The molecular weight excluding hydrogens is 332 g/mol. The van der Waals surface area contributed by atoms with Crippen LogP contribution in [-0.4, -0.2) is 17.8 Å². The van der Waals surface area contributed by atoms with Gasteiger partial charge in [0.2, 0.25) is 0 Å². The van der Waals surface area contributed by atoms with Crippen LogP contribution in [0.4, 0.5) is 0 Å². The van der Waals surface area contributed by atoms with Crippen molar-refractivity contribution in [2.45, 2.75) is 24.9 Å². The number of hydrogen-bond donors (Lipinski definition) is 1. The predicted octanol–water partition coefficient (Wildman–Crippen LogP) is 4.51. The van der Waals surface area contributed by atoms with Crippen LogP contribution in [0.15, 0.2) is 46.0 Å². The van der Waals surface area contributed by atoms with E-state index in [2.05, 4.69) is 58.3 Å². The average Bonchev–Trinajstić information content (AvgIpc) is 2.45. The maximum absolute atomic E-state index is 4.41. The highest BCUT2D eigenvalue weighted by molar-refractivity contribution is 9.10. The minimum absolute atomic E-state index is 0.338. The van der Waals surface area contributed by atoms with Gasteiger partial charge < -0.3 is 5.32 Å². The molecule has 1 unspecified atom stereocenters. The summed E-state index contributed by atoms with van der Waals surface area (Å²) >= 11 is 5.19. The van der Waals surface area contributed by atoms with Gasteiger partial charge in [-0.1, -0.05) is 23.8 Å². The van der Waals surface area contributed by atoms with Gasteiger partial charge in [0.15, 0.2) is 0 Å². The summed E-state index contributed by atoms with van der Waals surface area (Å²) in [6.45, 7) is 4.31. The van der Waals surface area contributed by atoms with Crippen LogP contribution < -0.4 is 5.32 Å². The zero-order valence-corrected chi connectivity index (χ0v) is 14.4. The lowest BCUT2D eigenvalue weighted by Gasteiger charge is -2.19. The molecule has 0 fully saturated rings. The Morgan fingerprint density at radius 2 is 2.05 bits per heavy atom. The predicted molar refractivity (Wildman–Crippen MR) is 90.4 cm³/mol. The molecule has 0 saturated carbocycles. The van der Waals surface area contributed by atoms with Crippen molar-refractivity contribution in [3.63, 3.8) is 0 Å². The molecular formula is C16H19BrN2S. The Morgan fingerprint density at radius 3 is 2.70 bits per heavy atom. The van der Waals surface area contributed by atoms with Crippen LogP contribution in [0.5, 0.6) is 0 Å². The fraction of sp³-hybridized carbons (Fsp3) is 0.312. The molecule has 1 atom stereocenters. The van der Waals surface area contributed by atoms with E-state index in [-0.39, 0.29) is 0 Å². The van der Waals surface area contributed by atoms with Crippen molar-refractivity contribution in [2.24, 2.45) is 0 Å². The molecule has 2 nitrogen and oxygen atoms in total. The summed E-state index contributed by atoms with van der Waals surface area (Å²) in [5, 5.41) is 4.46. The Balaban J connectivity index is 2.09. The number of benzene rings is 1. The van der Waals surface area contributed by atoms with Gasteiger partial charge in [0.25, 0.3) is 0 Å². The molecule has 1 aromatic carbocycles. The van der Waals surface area contributed by atoms with Crippen molar-refractivity contribution in [1.29, 1.82) is 0 Å². The number of nitrogens with one attached hydrogen (secondary N) is 1.